The molecule has 43 heavy (non-hydrogen) atoms. The lowest BCUT2D eigenvalue weighted by atomic mass is 9.62. The number of nitrogens with one attached hydrogen (secondary N) is 1. The highest BCUT2D eigenvalue weighted by atomic mass is 35.5. The van der Waals surface area contributed by atoms with Gasteiger partial charge in [-0.1, -0.05) is 66.2 Å². The van der Waals surface area contributed by atoms with Gasteiger partial charge in [0, 0.05) is 29.9 Å². The second-order valence-corrected chi connectivity index (χ2v) is 11.3. The number of halogens is 1. The molecule has 8 heteroatoms. The van der Waals surface area contributed by atoms with E-state index in [9.17, 15) is 19.2 Å². The maximum absolute atomic E-state index is 14.8. The SMILES string of the molecule is CC(=O)Oc1ccc(C(=O)[C@@H]2[C@@H](C(=O)c3ccccc3Cl)[C@@]3(C(=O)Nc4ccccc43)[C@H]3c4ccccc4C=CN23)cc1. The molecule has 1 fully saturated rings. The zero-order valence-corrected chi connectivity index (χ0v) is 23.7. The number of anilines is 1. The summed E-state index contributed by atoms with van der Waals surface area (Å²) in [6.45, 7) is 1.30. The predicted molar refractivity (Wildman–Crippen MR) is 162 cm³/mol. The summed E-state index contributed by atoms with van der Waals surface area (Å²) in [6, 6.07) is 26.3. The van der Waals surface area contributed by atoms with Gasteiger partial charge in [-0.15, -0.1) is 0 Å². The number of hydrogen-bond donors (Lipinski definition) is 1. The van der Waals surface area contributed by atoms with E-state index in [2.05, 4.69) is 5.32 Å². The van der Waals surface area contributed by atoms with E-state index < -0.39 is 35.2 Å². The van der Waals surface area contributed by atoms with Crippen molar-refractivity contribution < 1.29 is 23.9 Å². The van der Waals surface area contributed by atoms with Crippen LogP contribution in [-0.2, 0) is 15.0 Å². The molecular weight excluding hydrogens is 564 g/mol. The van der Waals surface area contributed by atoms with Crippen molar-refractivity contribution in [2.75, 3.05) is 5.32 Å². The maximum Gasteiger partial charge on any atom is 0.308 e. The first-order valence-electron chi connectivity index (χ1n) is 13.9. The van der Waals surface area contributed by atoms with E-state index in [1.165, 1.54) is 6.92 Å². The van der Waals surface area contributed by atoms with Crippen molar-refractivity contribution >= 4 is 46.8 Å². The van der Waals surface area contributed by atoms with Crippen LogP contribution in [0.3, 0.4) is 0 Å². The quantitative estimate of drug-likeness (QED) is 0.168. The smallest absolute Gasteiger partial charge is 0.308 e. The summed E-state index contributed by atoms with van der Waals surface area (Å²) in [7, 11) is 0. The van der Waals surface area contributed by atoms with Gasteiger partial charge in [0.1, 0.15) is 17.2 Å². The van der Waals surface area contributed by atoms with E-state index in [4.69, 9.17) is 16.3 Å². The van der Waals surface area contributed by atoms with Crippen molar-refractivity contribution in [1.82, 2.24) is 4.90 Å². The lowest BCUT2D eigenvalue weighted by molar-refractivity contribution is -0.131. The zero-order valence-electron chi connectivity index (χ0n) is 23.0. The number of rotatable bonds is 5. The first-order chi connectivity index (χ1) is 20.8. The van der Waals surface area contributed by atoms with Gasteiger partial charge < -0.3 is 15.0 Å². The van der Waals surface area contributed by atoms with Gasteiger partial charge in [0.05, 0.1) is 17.0 Å². The number of fused-ring (bicyclic) bond motifs is 6. The number of carbonyl (C=O) groups excluding carboxylic acids is 4. The fraction of sp³-hybridized carbons (Fsp3) is 0.143. The number of para-hydroxylation sites is 1. The Kier molecular flexibility index (Phi) is 6.29. The molecule has 1 N–H and O–H groups in total. The molecule has 4 aromatic carbocycles. The molecule has 0 unspecified atom stereocenters. The van der Waals surface area contributed by atoms with Crippen molar-refractivity contribution in [3.8, 4) is 5.75 Å². The van der Waals surface area contributed by atoms with Gasteiger partial charge in [-0.3, -0.25) is 19.2 Å². The van der Waals surface area contributed by atoms with Crippen LogP contribution in [0.5, 0.6) is 5.75 Å². The third kappa shape index (κ3) is 3.96. The normalized spacial score (nSPS) is 22.9. The molecule has 1 saturated heterocycles. The molecule has 0 radical (unpaired) electrons. The molecule has 0 aliphatic carbocycles. The van der Waals surface area contributed by atoms with Gasteiger partial charge in [0.25, 0.3) is 0 Å². The number of amides is 1. The van der Waals surface area contributed by atoms with E-state index in [0.29, 0.717) is 22.6 Å². The van der Waals surface area contributed by atoms with Crippen LogP contribution in [0.4, 0.5) is 5.69 Å². The average molecular weight is 589 g/mol. The van der Waals surface area contributed by atoms with Crippen molar-refractivity contribution in [3.63, 3.8) is 0 Å². The van der Waals surface area contributed by atoms with E-state index >= 15 is 0 Å². The average Bonchev–Trinajstić information content (AvgIpc) is 3.49. The third-order valence-electron chi connectivity index (χ3n) is 8.66. The number of nitrogens with zero attached hydrogens (tertiary/aromatic N) is 1. The Morgan fingerprint density at radius 3 is 2.33 bits per heavy atom. The Bertz CT molecular complexity index is 1870. The second-order valence-electron chi connectivity index (χ2n) is 10.9. The summed E-state index contributed by atoms with van der Waals surface area (Å²) in [5.41, 5.74) is 2.11. The molecule has 3 heterocycles. The van der Waals surface area contributed by atoms with E-state index in [0.717, 1.165) is 11.1 Å². The summed E-state index contributed by atoms with van der Waals surface area (Å²) in [4.78, 5) is 57.3. The largest absolute Gasteiger partial charge is 0.427 e. The standard InChI is InChI=1S/C35H25ClN2O5/c1-20(39)43-23-16-14-22(15-17-23)31(40)30-29(32(41)25-10-4-6-12-27(25)36)35(26-11-5-7-13-28(26)37-34(35)42)33-24-9-3-2-8-21(24)18-19-38(30)33/h2-19,29-30,33H,1H3,(H,37,42)/t29-,30-,33+,35+/m0/s1. The number of Topliss-reactive ketones (excluding diaryl/α,β-unsaturated/α-hetero) is 2. The first kappa shape index (κ1) is 26.9. The molecule has 4 aromatic rings. The maximum atomic E-state index is 14.8. The second kappa shape index (κ2) is 10.1. The van der Waals surface area contributed by atoms with Crippen molar-refractivity contribution in [2.24, 2.45) is 5.92 Å². The first-order valence-corrected chi connectivity index (χ1v) is 14.3. The minimum atomic E-state index is -1.45. The van der Waals surface area contributed by atoms with Gasteiger partial charge in [0.2, 0.25) is 5.91 Å². The molecule has 4 atom stereocenters. The van der Waals surface area contributed by atoms with Crippen molar-refractivity contribution in [2.45, 2.75) is 24.4 Å². The summed E-state index contributed by atoms with van der Waals surface area (Å²) in [5, 5.41) is 3.28. The molecule has 3 aliphatic rings. The van der Waals surface area contributed by atoms with Crippen LogP contribution in [0, 0.1) is 5.92 Å². The monoisotopic (exact) mass is 588 g/mol. The Morgan fingerprint density at radius 2 is 1.56 bits per heavy atom. The number of benzene rings is 4. The Labute approximate surface area is 252 Å². The van der Waals surface area contributed by atoms with Crippen LogP contribution in [-0.4, -0.2) is 34.4 Å². The molecule has 1 spiro atoms. The number of carbonyl (C=O) groups is 4. The van der Waals surface area contributed by atoms with Gasteiger partial charge in [-0.25, -0.2) is 0 Å². The molecule has 1 amide bonds. The minimum Gasteiger partial charge on any atom is -0.427 e. The number of esters is 1. The molecule has 7 rings (SSSR count). The summed E-state index contributed by atoms with van der Waals surface area (Å²) in [5.74, 6) is -2.41. The Hall–Kier alpha value is -5.01. The fourth-order valence-electron chi connectivity index (χ4n) is 7.02. The molecule has 7 nitrogen and oxygen atoms in total. The Morgan fingerprint density at radius 1 is 0.860 bits per heavy atom. The van der Waals surface area contributed by atoms with E-state index in [-0.39, 0.29) is 22.3 Å². The van der Waals surface area contributed by atoms with Crippen LogP contribution in [0.1, 0.15) is 50.4 Å². The van der Waals surface area contributed by atoms with Crippen LogP contribution in [0.15, 0.2) is 103 Å². The van der Waals surface area contributed by atoms with Crippen molar-refractivity contribution in [1.29, 1.82) is 0 Å². The van der Waals surface area contributed by atoms with Crippen LogP contribution in [0.2, 0.25) is 5.02 Å². The lowest BCUT2D eigenvalue weighted by Gasteiger charge is -2.38. The highest BCUT2D eigenvalue weighted by Gasteiger charge is 2.70. The molecule has 0 bridgehead atoms. The predicted octanol–water partition coefficient (Wildman–Crippen LogP) is 6.25. The van der Waals surface area contributed by atoms with Gasteiger partial charge in [-0.2, -0.15) is 0 Å². The highest BCUT2D eigenvalue weighted by Crippen LogP contribution is 2.62. The summed E-state index contributed by atoms with van der Waals surface area (Å²) >= 11 is 6.59. The molecule has 3 aliphatic heterocycles. The Balaban J connectivity index is 1.49. The third-order valence-corrected chi connectivity index (χ3v) is 8.99. The van der Waals surface area contributed by atoms with Crippen molar-refractivity contribution in [3.05, 3.63) is 136 Å². The molecular formula is C35H25ClN2O5. The molecule has 212 valence electrons. The zero-order chi connectivity index (χ0) is 29.9. The van der Waals surface area contributed by atoms with E-state index in [1.807, 2.05) is 65.7 Å². The topological polar surface area (TPSA) is 92.8 Å². The van der Waals surface area contributed by atoms with E-state index in [1.54, 1.807) is 48.5 Å². The van der Waals surface area contributed by atoms with Gasteiger partial charge >= 0.3 is 5.97 Å². The fourth-order valence-corrected chi connectivity index (χ4v) is 7.25. The number of hydrogen-bond acceptors (Lipinski definition) is 6. The summed E-state index contributed by atoms with van der Waals surface area (Å²) < 4.78 is 5.17. The minimum absolute atomic E-state index is 0.242. The molecule has 0 aromatic heterocycles. The molecule has 0 saturated carbocycles. The van der Waals surface area contributed by atoms with Crippen LogP contribution >= 0.6 is 11.6 Å². The van der Waals surface area contributed by atoms with Crippen LogP contribution in [0.25, 0.3) is 6.08 Å². The number of ether oxygens (including phenoxy) is 1. The van der Waals surface area contributed by atoms with Crippen LogP contribution < -0.4 is 10.1 Å². The highest BCUT2D eigenvalue weighted by molar-refractivity contribution is 6.34. The van der Waals surface area contributed by atoms with Gasteiger partial charge in [0.15, 0.2) is 11.6 Å². The summed E-state index contributed by atoms with van der Waals surface area (Å²) in [6.07, 6.45) is 3.73. The van der Waals surface area contributed by atoms with Gasteiger partial charge in [-0.05, 0) is 65.2 Å². The lowest BCUT2D eigenvalue weighted by Crippen LogP contribution is -2.49. The number of ketones is 2.